The summed E-state index contributed by atoms with van der Waals surface area (Å²) in [5.41, 5.74) is 4.75. The molecule has 3 aliphatic heterocycles. The zero-order valence-corrected chi connectivity index (χ0v) is 16.8. The molecule has 1 fully saturated rings. The molecule has 9 nitrogen and oxygen atoms in total. The predicted octanol–water partition coefficient (Wildman–Crippen LogP) is 0.439. The molecule has 0 saturated carbocycles. The molecular formula is C21H24N6O3. The third kappa shape index (κ3) is 3.06. The molecule has 9 heteroatoms. The van der Waals surface area contributed by atoms with Gasteiger partial charge in [0.2, 0.25) is 11.8 Å². The number of benzene rings is 1. The van der Waals surface area contributed by atoms with Crippen LogP contribution in [-0.2, 0) is 42.7 Å². The fourth-order valence-corrected chi connectivity index (χ4v) is 4.67. The Hall–Kier alpha value is -3.20. The Kier molecular flexibility index (Phi) is 4.54. The average Bonchev–Trinajstić information content (AvgIpc) is 3.23. The van der Waals surface area contributed by atoms with Crippen LogP contribution in [0.2, 0.25) is 0 Å². The Labute approximate surface area is 173 Å². The molecule has 156 valence electrons. The van der Waals surface area contributed by atoms with Crippen LogP contribution in [-0.4, -0.2) is 45.0 Å². The van der Waals surface area contributed by atoms with Crippen LogP contribution < -0.4 is 16.0 Å². The van der Waals surface area contributed by atoms with E-state index >= 15 is 0 Å². The van der Waals surface area contributed by atoms with E-state index in [4.69, 9.17) is 0 Å². The van der Waals surface area contributed by atoms with Crippen molar-refractivity contribution >= 4 is 23.5 Å². The maximum absolute atomic E-state index is 13.2. The van der Waals surface area contributed by atoms with Gasteiger partial charge in [0, 0.05) is 57.2 Å². The minimum Gasteiger partial charge on any atom is -0.366 e. The van der Waals surface area contributed by atoms with Gasteiger partial charge in [0.15, 0.2) is 0 Å². The summed E-state index contributed by atoms with van der Waals surface area (Å²) in [6.07, 6.45) is 1.53. The molecule has 0 spiro atoms. The molecule has 4 heterocycles. The number of nitrogens with zero attached hydrogens (tertiary/aromatic N) is 3. The number of aromatic nitrogens is 2. The second-order valence-electron chi connectivity index (χ2n) is 8.03. The van der Waals surface area contributed by atoms with E-state index in [1.165, 1.54) is 5.56 Å². The van der Waals surface area contributed by atoms with Crippen LogP contribution in [0.15, 0.2) is 18.2 Å². The fourth-order valence-electron chi connectivity index (χ4n) is 4.67. The van der Waals surface area contributed by atoms with Crippen molar-refractivity contribution in [3.8, 4) is 0 Å². The molecule has 0 aliphatic carbocycles. The lowest BCUT2D eigenvalue weighted by Gasteiger charge is -2.29. The zero-order chi connectivity index (χ0) is 20.8. The van der Waals surface area contributed by atoms with Gasteiger partial charge in [-0.05, 0) is 17.5 Å². The quantitative estimate of drug-likeness (QED) is 0.634. The van der Waals surface area contributed by atoms with Gasteiger partial charge >= 0.3 is 0 Å². The van der Waals surface area contributed by atoms with Crippen molar-refractivity contribution in [2.45, 2.75) is 44.9 Å². The Morgan fingerprint density at radius 1 is 1.23 bits per heavy atom. The van der Waals surface area contributed by atoms with E-state index in [9.17, 15) is 14.4 Å². The van der Waals surface area contributed by atoms with Gasteiger partial charge in [-0.15, -0.1) is 0 Å². The van der Waals surface area contributed by atoms with E-state index in [-0.39, 0.29) is 24.1 Å². The lowest BCUT2D eigenvalue weighted by molar-refractivity contribution is -0.136. The van der Waals surface area contributed by atoms with Crippen LogP contribution in [0, 0.1) is 0 Å². The zero-order valence-electron chi connectivity index (χ0n) is 16.8. The van der Waals surface area contributed by atoms with Crippen LogP contribution in [0.25, 0.3) is 0 Å². The van der Waals surface area contributed by atoms with Crippen molar-refractivity contribution < 1.29 is 14.4 Å². The summed E-state index contributed by atoms with van der Waals surface area (Å²) in [6.45, 7) is 2.59. The molecule has 3 aliphatic rings. The molecule has 5 rings (SSSR count). The molecule has 1 atom stereocenters. The minimum absolute atomic E-state index is 0.148. The van der Waals surface area contributed by atoms with Crippen molar-refractivity contribution in [2.24, 2.45) is 7.05 Å². The van der Waals surface area contributed by atoms with Gasteiger partial charge < -0.3 is 15.5 Å². The summed E-state index contributed by atoms with van der Waals surface area (Å²) in [7, 11) is 1.92. The number of nitrogens with one attached hydrogen (secondary N) is 3. The first kappa shape index (κ1) is 18.8. The number of piperidine rings is 1. The molecule has 1 unspecified atom stereocenters. The molecular weight excluding hydrogens is 384 g/mol. The first-order valence-corrected chi connectivity index (χ1v) is 10.3. The highest BCUT2D eigenvalue weighted by molar-refractivity contribution is 6.06. The smallest absolute Gasteiger partial charge is 0.255 e. The predicted molar refractivity (Wildman–Crippen MR) is 108 cm³/mol. The average molecular weight is 408 g/mol. The number of anilines is 1. The highest BCUT2D eigenvalue weighted by Gasteiger charge is 2.39. The van der Waals surface area contributed by atoms with Gasteiger partial charge in [-0.25, -0.2) is 0 Å². The lowest BCUT2D eigenvalue weighted by atomic mass is 10.0. The largest absolute Gasteiger partial charge is 0.366 e. The third-order valence-electron chi connectivity index (χ3n) is 6.15. The summed E-state index contributed by atoms with van der Waals surface area (Å²) in [5, 5.41) is 13.8. The van der Waals surface area contributed by atoms with E-state index in [0.29, 0.717) is 25.1 Å². The molecule has 2 aromatic rings. The Bertz CT molecular complexity index is 1060. The van der Waals surface area contributed by atoms with Gasteiger partial charge in [0.1, 0.15) is 11.9 Å². The maximum atomic E-state index is 13.2. The van der Waals surface area contributed by atoms with Crippen molar-refractivity contribution in [3.63, 3.8) is 0 Å². The van der Waals surface area contributed by atoms with Gasteiger partial charge in [0.05, 0.1) is 5.69 Å². The summed E-state index contributed by atoms with van der Waals surface area (Å²) in [4.78, 5) is 38.5. The summed E-state index contributed by atoms with van der Waals surface area (Å²) >= 11 is 0. The van der Waals surface area contributed by atoms with Crippen LogP contribution in [0.5, 0.6) is 0 Å². The molecule has 1 aromatic heterocycles. The van der Waals surface area contributed by atoms with Crippen LogP contribution in [0.4, 0.5) is 5.82 Å². The van der Waals surface area contributed by atoms with Crippen molar-refractivity contribution in [1.82, 2.24) is 25.3 Å². The molecule has 1 aromatic carbocycles. The second kappa shape index (κ2) is 7.24. The molecule has 0 bridgehead atoms. The monoisotopic (exact) mass is 408 g/mol. The maximum Gasteiger partial charge on any atom is 0.255 e. The van der Waals surface area contributed by atoms with E-state index in [0.717, 1.165) is 42.1 Å². The second-order valence-corrected chi connectivity index (χ2v) is 8.03. The van der Waals surface area contributed by atoms with Crippen LogP contribution in [0.3, 0.4) is 0 Å². The van der Waals surface area contributed by atoms with Crippen LogP contribution >= 0.6 is 0 Å². The first-order valence-electron chi connectivity index (χ1n) is 10.3. The number of hydrogen-bond acceptors (Lipinski definition) is 6. The SMILES string of the molecule is Cn1nc2c(c1NCc1cccc3c1C(=O)N(C1CCC(=O)NC1=O)C3)CNCC2. The molecule has 30 heavy (non-hydrogen) atoms. The number of imide groups is 1. The normalized spacial score (nSPS) is 20.8. The van der Waals surface area contributed by atoms with Crippen molar-refractivity contribution in [2.75, 3.05) is 11.9 Å². The molecule has 3 N–H and O–H groups in total. The van der Waals surface area contributed by atoms with Gasteiger partial charge in [-0.1, -0.05) is 18.2 Å². The van der Waals surface area contributed by atoms with Gasteiger partial charge in [-0.2, -0.15) is 5.10 Å². The third-order valence-corrected chi connectivity index (χ3v) is 6.15. The van der Waals surface area contributed by atoms with E-state index in [1.54, 1.807) is 4.90 Å². The number of hydrogen-bond donors (Lipinski definition) is 3. The van der Waals surface area contributed by atoms with Crippen LogP contribution in [0.1, 0.15) is 45.6 Å². The van der Waals surface area contributed by atoms with Gasteiger partial charge in [0.25, 0.3) is 5.91 Å². The van der Waals surface area contributed by atoms with Crippen molar-refractivity contribution in [1.29, 1.82) is 0 Å². The van der Waals surface area contributed by atoms with Crippen molar-refractivity contribution in [3.05, 3.63) is 46.1 Å². The topological polar surface area (TPSA) is 108 Å². The number of aryl methyl sites for hydroxylation is 1. The highest BCUT2D eigenvalue weighted by Crippen LogP contribution is 2.31. The summed E-state index contributed by atoms with van der Waals surface area (Å²) in [5.74, 6) is 0.147. The van der Waals surface area contributed by atoms with E-state index in [1.807, 2.05) is 29.9 Å². The summed E-state index contributed by atoms with van der Waals surface area (Å²) < 4.78 is 1.86. The number of fused-ring (bicyclic) bond motifs is 2. The first-order chi connectivity index (χ1) is 14.5. The standard InChI is InChI=1S/C21H24N6O3/c1-26-19(14-10-22-8-7-15(14)25-26)23-9-12-3-2-4-13-11-27(21(30)18(12)13)16-5-6-17(28)24-20(16)29/h2-4,16,22-23H,5-11H2,1H3,(H,24,28,29). The highest BCUT2D eigenvalue weighted by atomic mass is 16.2. The minimum atomic E-state index is -0.599. The Balaban J connectivity index is 1.37. The van der Waals surface area contributed by atoms with Gasteiger partial charge in [-0.3, -0.25) is 24.4 Å². The number of rotatable bonds is 4. The molecule has 3 amide bonds. The lowest BCUT2D eigenvalue weighted by Crippen LogP contribution is -2.52. The van der Waals surface area contributed by atoms with E-state index in [2.05, 4.69) is 21.0 Å². The number of carbonyl (C=O) groups excluding carboxylic acids is 3. The van der Waals surface area contributed by atoms with E-state index < -0.39 is 6.04 Å². The number of carbonyl (C=O) groups is 3. The molecule has 0 radical (unpaired) electrons. The molecule has 1 saturated heterocycles. The Morgan fingerprint density at radius 2 is 2.10 bits per heavy atom. The number of amides is 3. The Morgan fingerprint density at radius 3 is 2.93 bits per heavy atom. The fraction of sp³-hybridized carbons (Fsp3) is 0.429. The summed E-state index contributed by atoms with van der Waals surface area (Å²) in [6, 6.07) is 5.22.